The molecule has 0 spiro atoms. The van der Waals surface area contributed by atoms with Crippen LogP contribution < -0.4 is 10.6 Å². The first-order chi connectivity index (χ1) is 27.1. The van der Waals surface area contributed by atoms with Gasteiger partial charge in [0.05, 0.1) is 11.1 Å². The number of unbranched alkanes of at least 4 members (excludes halogenated alkanes) is 3. The van der Waals surface area contributed by atoms with Crippen LogP contribution >= 0.6 is 0 Å². The molecule has 0 aliphatic rings. The van der Waals surface area contributed by atoms with E-state index >= 15 is 0 Å². The van der Waals surface area contributed by atoms with Crippen molar-refractivity contribution in [3.63, 3.8) is 0 Å². The van der Waals surface area contributed by atoms with Crippen LogP contribution in [0.15, 0.2) is 84.9 Å². The van der Waals surface area contributed by atoms with Gasteiger partial charge in [-0.15, -0.1) is 0 Å². The third-order valence-corrected chi connectivity index (χ3v) is 10.7. The van der Waals surface area contributed by atoms with Crippen LogP contribution in [0.3, 0.4) is 0 Å². The first kappa shape index (κ1) is 46.4. The molecule has 0 heterocycles. The smallest absolute Gasteiger partial charge is 0.338 e. The molecule has 0 aliphatic carbocycles. The molecule has 0 fully saturated rings. The molecule has 0 amide bonds. The van der Waals surface area contributed by atoms with E-state index in [1.165, 1.54) is 24.0 Å². The maximum absolute atomic E-state index is 13.1. The first-order valence-electron chi connectivity index (χ1n) is 21.3. The average Bonchev–Trinajstić information content (AvgIpc) is 3.16. The van der Waals surface area contributed by atoms with Crippen LogP contribution in [0.1, 0.15) is 174 Å². The van der Waals surface area contributed by atoms with E-state index in [1.807, 2.05) is 48.5 Å². The molecular formula is C52H72N2O4. The Morgan fingerprint density at radius 1 is 0.414 bits per heavy atom. The number of hydrogen-bond donors (Lipinski definition) is 2. The van der Waals surface area contributed by atoms with Gasteiger partial charge in [0.15, 0.2) is 0 Å². The van der Waals surface area contributed by atoms with Crippen molar-refractivity contribution in [3.05, 3.63) is 141 Å². The second kappa shape index (κ2) is 20.1. The molecule has 0 bridgehead atoms. The molecule has 0 saturated carbocycles. The van der Waals surface area contributed by atoms with Crippen molar-refractivity contribution in [1.29, 1.82) is 0 Å². The molecule has 2 N–H and O–H groups in total. The van der Waals surface area contributed by atoms with E-state index in [1.54, 1.807) is 0 Å². The summed E-state index contributed by atoms with van der Waals surface area (Å²) in [5.41, 5.74) is 9.96. The summed E-state index contributed by atoms with van der Waals surface area (Å²) in [5, 5.41) is 7.13. The highest BCUT2D eigenvalue weighted by atomic mass is 16.5. The number of hydrogen-bond acceptors (Lipinski definition) is 6. The Bertz CT molecular complexity index is 1730. The molecule has 4 rings (SSSR count). The van der Waals surface area contributed by atoms with E-state index in [2.05, 4.69) is 130 Å². The van der Waals surface area contributed by atoms with Crippen molar-refractivity contribution in [3.8, 4) is 0 Å². The molecule has 58 heavy (non-hydrogen) atoms. The van der Waals surface area contributed by atoms with Crippen LogP contribution in [0.5, 0.6) is 0 Å². The minimum atomic E-state index is -0.283. The topological polar surface area (TPSA) is 76.7 Å². The summed E-state index contributed by atoms with van der Waals surface area (Å²) in [5.74, 6) is -0.566. The lowest BCUT2D eigenvalue weighted by molar-refractivity contribution is 0.0463. The summed E-state index contributed by atoms with van der Waals surface area (Å²) >= 11 is 0. The summed E-state index contributed by atoms with van der Waals surface area (Å²) in [6, 6.07) is 29.0. The van der Waals surface area contributed by atoms with Gasteiger partial charge in [0.2, 0.25) is 0 Å². The fourth-order valence-electron chi connectivity index (χ4n) is 6.51. The van der Waals surface area contributed by atoms with Gasteiger partial charge in [-0.2, -0.15) is 0 Å². The Hall–Kier alpha value is -4.26. The van der Waals surface area contributed by atoms with Gasteiger partial charge in [0.1, 0.15) is 13.2 Å². The SMILES string of the molecule is CC(C)(C)c1cc(C(=O)OCc2ccc(CNCCCCCCNCc3ccc(COC(=O)c4cc(C(C)(C)C)cc(C(C)(C)C)c4)cc3)cc2)cc(C(C)(C)C)c1. The van der Waals surface area contributed by atoms with Crippen LogP contribution in [-0.2, 0) is 57.4 Å². The summed E-state index contributed by atoms with van der Waals surface area (Å²) in [6.45, 7) is 30.2. The summed E-state index contributed by atoms with van der Waals surface area (Å²) in [7, 11) is 0. The van der Waals surface area contributed by atoms with Gasteiger partial charge in [0, 0.05) is 13.1 Å². The second-order valence-electron chi connectivity index (χ2n) is 20.2. The summed E-state index contributed by atoms with van der Waals surface area (Å²) in [6.07, 6.45) is 4.68. The number of carbonyl (C=O) groups is 2. The average molecular weight is 789 g/mol. The van der Waals surface area contributed by atoms with Crippen molar-refractivity contribution >= 4 is 11.9 Å². The molecule has 0 atom stereocenters. The standard InChI is InChI=1S/C52H72N2O4/c1-49(2,3)43-27-41(28-44(31-43)50(4,5)6)47(55)57-35-39-21-17-37(18-22-39)33-53-25-15-13-14-16-26-54-34-38-19-23-40(24-20-38)36-58-48(56)42-29-45(51(7,8)9)32-46(30-42)52(10,11)12/h17-24,27-32,53-54H,13-16,25-26,33-36H2,1-12H3. The third-order valence-electron chi connectivity index (χ3n) is 10.7. The van der Waals surface area contributed by atoms with Gasteiger partial charge in [-0.25, -0.2) is 9.59 Å². The van der Waals surface area contributed by atoms with E-state index in [9.17, 15) is 9.59 Å². The van der Waals surface area contributed by atoms with Gasteiger partial charge >= 0.3 is 11.9 Å². The Morgan fingerprint density at radius 2 is 0.690 bits per heavy atom. The normalized spacial score (nSPS) is 12.4. The zero-order valence-electron chi connectivity index (χ0n) is 37.8. The molecule has 0 aliphatic heterocycles. The zero-order valence-corrected chi connectivity index (χ0v) is 37.8. The van der Waals surface area contributed by atoms with Crippen molar-refractivity contribution in [1.82, 2.24) is 10.6 Å². The van der Waals surface area contributed by atoms with Crippen molar-refractivity contribution in [2.75, 3.05) is 13.1 Å². The molecular weight excluding hydrogens is 717 g/mol. The highest BCUT2D eigenvalue weighted by molar-refractivity contribution is 5.90. The van der Waals surface area contributed by atoms with Gasteiger partial charge in [0.25, 0.3) is 0 Å². The Balaban J connectivity index is 1.07. The van der Waals surface area contributed by atoms with Crippen LogP contribution in [0.2, 0.25) is 0 Å². The number of benzene rings is 4. The fourth-order valence-corrected chi connectivity index (χ4v) is 6.51. The number of esters is 2. The van der Waals surface area contributed by atoms with E-state index in [0.717, 1.165) is 72.4 Å². The quantitative estimate of drug-likeness (QED) is 0.0820. The van der Waals surface area contributed by atoms with E-state index in [-0.39, 0.29) is 46.8 Å². The third kappa shape index (κ3) is 14.8. The number of rotatable bonds is 17. The Kier molecular flexibility index (Phi) is 16.1. The van der Waals surface area contributed by atoms with E-state index in [0.29, 0.717) is 11.1 Å². The molecule has 0 unspecified atom stereocenters. The Labute approximate surface area is 350 Å². The van der Waals surface area contributed by atoms with E-state index < -0.39 is 0 Å². The van der Waals surface area contributed by atoms with Crippen molar-refractivity contribution in [2.24, 2.45) is 0 Å². The monoisotopic (exact) mass is 789 g/mol. The van der Waals surface area contributed by atoms with Gasteiger partial charge < -0.3 is 20.1 Å². The largest absolute Gasteiger partial charge is 0.457 e. The first-order valence-corrected chi connectivity index (χ1v) is 21.3. The predicted molar refractivity (Wildman–Crippen MR) is 241 cm³/mol. The molecule has 6 nitrogen and oxygen atoms in total. The predicted octanol–water partition coefficient (Wildman–Crippen LogP) is 12.0. The lowest BCUT2D eigenvalue weighted by atomic mass is 9.79. The zero-order chi connectivity index (χ0) is 42.7. The number of ether oxygens (including phenoxy) is 2. The molecule has 0 aromatic heterocycles. The highest BCUT2D eigenvalue weighted by Crippen LogP contribution is 2.32. The maximum atomic E-state index is 13.1. The lowest BCUT2D eigenvalue weighted by Crippen LogP contribution is -2.18. The summed E-state index contributed by atoms with van der Waals surface area (Å²) < 4.78 is 11.5. The number of carbonyl (C=O) groups excluding carboxylic acids is 2. The van der Waals surface area contributed by atoms with Gasteiger partial charge in [-0.1, -0.05) is 157 Å². The lowest BCUT2D eigenvalue weighted by Gasteiger charge is -2.26. The Morgan fingerprint density at radius 3 is 0.966 bits per heavy atom. The molecule has 0 radical (unpaired) electrons. The molecule has 0 saturated heterocycles. The molecule has 4 aromatic rings. The van der Waals surface area contributed by atoms with Crippen LogP contribution in [-0.4, -0.2) is 25.0 Å². The number of nitrogens with one attached hydrogen (secondary N) is 2. The molecule has 6 heteroatoms. The minimum Gasteiger partial charge on any atom is -0.457 e. The van der Waals surface area contributed by atoms with Crippen LogP contribution in [0, 0.1) is 0 Å². The second-order valence-corrected chi connectivity index (χ2v) is 20.2. The maximum Gasteiger partial charge on any atom is 0.338 e. The van der Waals surface area contributed by atoms with Crippen molar-refractivity contribution < 1.29 is 19.1 Å². The van der Waals surface area contributed by atoms with Crippen LogP contribution in [0.25, 0.3) is 0 Å². The van der Waals surface area contributed by atoms with Gasteiger partial charge in [-0.05, 0) is 116 Å². The minimum absolute atomic E-state index is 0.0596. The highest BCUT2D eigenvalue weighted by Gasteiger charge is 2.24. The van der Waals surface area contributed by atoms with Gasteiger partial charge in [-0.3, -0.25) is 0 Å². The molecule has 4 aromatic carbocycles. The summed E-state index contributed by atoms with van der Waals surface area (Å²) in [4.78, 5) is 26.2. The molecule has 314 valence electrons. The van der Waals surface area contributed by atoms with E-state index in [4.69, 9.17) is 9.47 Å². The van der Waals surface area contributed by atoms with Crippen LogP contribution in [0.4, 0.5) is 0 Å². The van der Waals surface area contributed by atoms with Crippen molar-refractivity contribution in [2.45, 2.75) is 157 Å². The fraction of sp³-hybridized carbons (Fsp3) is 0.500.